The normalized spacial score (nSPS) is 13.7. The molecule has 5 nitrogen and oxygen atoms in total. The maximum atomic E-state index is 9.74. The van der Waals surface area contributed by atoms with Gasteiger partial charge in [-0.1, -0.05) is 87.6 Å². The fourth-order valence-corrected chi connectivity index (χ4v) is 6.23. The van der Waals surface area contributed by atoms with Crippen molar-refractivity contribution in [2.24, 2.45) is 4.99 Å². The maximum absolute atomic E-state index is 9.74. The SMILES string of the molecule is [C-]#[N+]c1cc(/C(Oc2c(C(C)C)cc(C#N)cc2C(C)C)=C2/C=CC(Sc3ccccc3)=N2)[nH]c1Sc1ccccc1. The van der Waals surface area contributed by atoms with Crippen LogP contribution in [0.1, 0.15) is 61.9 Å². The summed E-state index contributed by atoms with van der Waals surface area (Å²) in [5.74, 6) is 1.50. The van der Waals surface area contributed by atoms with E-state index in [0.29, 0.717) is 28.4 Å². The Bertz CT molecular complexity index is 1740. The molecule has 7 heteroatoms. The molecule has 0 saturated heterocycles. The van der Waals surface area contributed by atoms with Gasteiger partial charge in [-0.3, -0.25) is 0 Å². The minimum atomic E-state index is 0.121. The van der Waals surface area contributed by atoms with Gasteiger partial charge in [-0.25, -0.2) is 9.84 Å². The number of H-pyrrole nitrogens is 1. The summed E-state index contributed by atoms with van der Waals surface area (Å²) < 4.78 is 6.89. The van der Waals surface area contributed by atoms with E-state index < -0.39 is 0 Å². The topological polar surface area (TPSA) is 65.5 Å². The number of aromatic nitrogens is 1. The van der Waals surface area contributed by atoms with Crippen LogP contribution >= 0.6 is 23.5 Å². The zero-order chi connectivity index (χ0) is 29.6. The standard InChI is InChI=1S/C35H30N4OS2/c1-22(2)27-18-24(21-36)19-28(23(3)4)33(27)40-34(29-16-17-32(38-29)41-25-12-8-6-9-13-25)30-20-31(37-5)35(39-30)42-26-14-10-7-11-15-26/h6-20,22-23,39H,1-4H3/b34-29+. The number of benzene rings is 3. The zero-order valence-electron chi connectivity index (χ0n) is 23.9. The molecular weight excluding hydrogens is 557 g/mol. The van der Waals surface area contributed by atoms with Gasteiger partial charge in [0.25, 0.3) is 0 Å². The van der Waals surface area contributed by atoms with Crippen molar-refractivity contribution in [2.45, 2.75) is 54.3 Å². The van der Waals surface area contributed by atoms with Gasteiger partial charge in [0.15, 0.2) is 5.76 Å². The van der Waals surface area contributed by atoms with Crippen LogP contribution in [0.2, 0.25) is 0 Å². The molecule has 0 radical (unpaired) electrons. The fourth-order valence-electron chi connectivity index (χ4n) is 4.51. The lowest BCUT2D eigenvalue weighted by molar-refractivity contribution is 0.487. The van der Waals surface area contributed by atoms with Crippen LogP contribution in [0, 0.1) is 17.9 Å². The maximum Gasteiger partial charge on any atom is 0.218 e. The van der Waals surface area contributed by atoms with Gasteiger partial charge >= 0.3 is 0 Å². The number of hydrogen-bond donors (Lipinski definition) is 1. The van der Waals surface area contributed by atoms with Crippen molar-refractivity contribution in [3.05, 3.63) is 131 Å². The summed E-state index contributed by atoms with van der Waals surface area (Å²) in [6.07, 6.45) is 3.94. The van der Waals surface area contributed by atoms with Crippen LogP contribution in [0.15, 0.2) is 117 Å². The average molecular weight is 587 g/mol. The summed E-state index contributed by atoms with van der Waals surface area (Å²) in [6, 6.07) is 28.1. The van der Waals surface area contributed by atoms with Gasteiger partial charge in [-0.2, -0.15) is 5.26 Å². The molecule has 1 aromatic heterocycles. The molecule has 0 saturated carbocycles. The molecule has 1 aliphatic rings. The Balaban J connectivity index is 1.65. The van der Waals surface area contributed by atoms with Gasteiger partial charge in [0, 0.05) is 9.79 Å². The second-order valence-electron chi connectivity index (χ2n) is 10.3. The Morgan fingerprint density at radius 3 is 2.02 bits per heavy atom. The third-order valence-corrected chi connectivity index (χ3v) is 8.59. The first-order valence-electron chi connectivity index (χ1n) is 13.7. The lowest BCUT2D eigenvalue weighted by atomic mass is 9.91. The van der Waals surface area contributed by atoms with E-state index >= 15 is 0 Å². The van der Waals surface area contributed by atoms with Crippen LogP contribution < -0.4 is 4.74 Å². The average Bonchev–Trinajstić information content (AvgIpc) is 3.63. The molecule has 1 aliphatic heterocycles. The number of hydrogen-bond acceptors (Lipinski definition) is 5. The number of nitrogens with zero attached hydrogens (tertiary/aromatic N) is 3. The van der Waals surface area contributed by atoms with E-state index in [-0.39, 0.29) is 11.8 Å². The summed E-state index contributed by atoms with van der Waals surface area (Å²) in [5, 5.41) is 11.3. The minimum absolute atomic E-state index is 0.121. The highest BCUT2D eigenvalue weighted by Crippen LogP contribution is 2.42. The summed E-state index contributed by atoms with van der Waals surface area (Å²) in [6.45, 7) is 16.3. The molecule has 0 bridgehead atoms. The van der Waals surface area contributed by atoms with Crippen LogP contribution in [0.3, 0.4) is 0 Å². The third kappa shape index (κ3) is 6.55. The van der Waals surface area contributed by atoms with Gasteiger partial charge in [0.2, 0.25) is 5.69 Å². The number of aromatic amines is 1. The molecule has 0 aliphatic carbocycles. The van der Waals surface area contributed by atoms with Crippen molar-refractivity contribution in [1.82, 2.24) is 4.98 Å². The summed E-state index contributed by atoms with van der Waals surface area (Å²) in [7, 11) is 0. The van der Waals surface area contributed by atoms with E-state index in [1.54, 1.807) is 11.8 Å². The molecule has 208 valence electrons. The Morgan fingerprint density at radius 2 is 1.48 bits per heavy atom. The van der Waals surface area contributed by atoms with E-state index in [1.165, 1.54) is 11.8 Å². The van der Waals surface area contributed by atoms with Gasteiger partial charge in [0.1, 0.15) is 16.5 Å². The second-order valence-corrected chi connectivity index (χ2v) is 12.5. The molecule has 1 N–H and O–H groups in total. The van der Waals surface area contributed by atoms with Crippen molar-refractivity contribution in [3.8, 4) is 11.8 Å². The molecular formula is C35H30N4OS2. The van der Waals surface area contributed by atoms with E-state index in [2.05, 4.69) is 55.7 Å². The lowest BCUT2D eigenvalue weighted by Gasteiger charge is -2.22. The van der Waals surface area contributed by atoms with Crippen LogP contribution in [0.25, 0.3) is 10.6 Å². The van der Waals surface area contributed by atoms with Crippen LogP contribution in [0.4, 0.5) is 5.69 Å². The van der Waals surface area contributed by atoms with Crippen molar-refractivity contribution in [1.29, 1.82) is 5.26 Å². The van der Waals surface area contributed by atoms with Gasteiger partial charge < -0.3 is 9.72 Å². The van der Waals surface area contributed by atoms with E-state index in [4.69, 9.17) is 16.3 Å². The highest BCUT2D eigenvalue weighted by molar-refractivity contribution is 8.14. The number of thioether (sulfide) groups is 1. The predicted octanol–water partition coefficient (Wildman–Crippen LogP) is 10.3. The molecule has 4 aromatic rings. The van der Waals surface area contributed by atoms with E-state index in [1.807, 2.05) is 78.9 Å². The first kappa shape index (κ1) is 29.1. The van der Waals surface area contributed by atoms with Crippen molar-refractivity contribution in [3.63, 3.8) is 0 Å². The Morgan fingerprint density at radius 1 is 0.881 bits per heavy atom. The number of nitrogens with one attached hydrogen (secondary N) is 1. The molecule has 0 atom stereocenters. The molecule has 0 amide bonds. The van der Waals surface area contributed by atoms with Crippen molar-refractivity contribution < 1.29 is 4.74 Å². The first-order chi connectivity index (χ1) is 20.4. The third-order valence-electron chi connectivity index (χ3n) is 6.63. The molecule has 42 heavy (non-hydrogen) atoms. The quantitative estimate of drug-likeness (QED) is 0.165. The second kappa shape index (κ2) is 13.0. The van der Waals surface area contributed by atoms with Crippen molar-refractivity contribution >= 4 is 40.0 Å². The lowest BCUT2D eigenvalue weighted by Crippen LogP contribution is -2.06. The monoisotopic (exact) mass is 586 g/mol. The number of ether oxygens (including phenoxy) is 1. The van der Waals surface area contributed by atoms with Gasteiger partial charge in [-0.15, -0.1) is 0 Å². The van der Waals surface area contributed by atoms with Crippen LogP contribution in [-0.2, 0) is 0 Å². The van der Waals surface area contributed by atoms with Gasteiger partial charge in [0.05, 0.1) is 28.9 Å². The summed E-state index contributed by atoms with van der Waals surface area (Å²) in [5.41, 5.74) is 4.37. The van der Waals surface area contributed by atoms with Crippen molar-refractivity contribution in [2.75, 3.05) is 0 Å². The molecule has 0 unspecified atom stereocenters. The molecule has 2 heterocycles. The number of rotatable bonds is 8. The molecule has 3 aromatic carbocycles. The van der Waals surface area contributed by atoms with E-state index in [9.17, 15) is 5.26 Å². The van der Waals surface area contributed by atoms with Crippen LogP contribution in [-0.4, -0.2) is 10.0 Å². The highest BCUT2D eigenvalue weighted by Gasteiger charge is 2.24. The van der Waals surface area contributed by atoms with Gasteiger partial charge in [-0.05, 0) is 77.6 Å². The Kier molecular flexibility index (Phi) is 9.03. The smallest absolute Gasteiger partial charge is 0.218 e. The molecule has 0 fully saturated rings. The largest absolute Gasteiger partial charge is 0.452 e. The minimum Gasteiger partial charge on any atom is -0.452 e. The Hall–Kier alpha value is -4.43. The molecule has 0 spiro atoms. The fraction of sp³-hybridized carbons (Fsp3) is 0.171. The summed E-state index contributed by atoms with van der Waals surface area (Å²) >= 11 is 3.09. The predicted molar refractivity (Wildman–Crippen MR) is 173 cm³/mol. The summed E-state index contributed by atoms with van der Waals surface area (Å²) in [4.78, 5) is 14.4. The zero-order valence-corrected chi connectivity index (χ0v) is 25.5. The number of aliphatic imine (C=N–C) groups is 1. The first-order valence-corrected chi connectivity index (χ1v) is 15.3. The molecule has 5 rings (SSSR count). The highest BCUT2D eigenvalue weighted by atomic mass is 32.2. The van der Waals surface area contributed by atoms with E-state index in [0.717, 1.165) is 36.7 Å². The van der Waals surface area contributed by atoms with Crippen LogP contribution in [0.5, 0.6) is 5.75 Å². The Labute approximate surface area is 255 Å². The number of nitriles is 1. The number of allylic oxidation sites excluding steroid dienone is 1.